The van der Waals surface area contributed by atoms with Crippen molar-refractivity contribution in [2.75, 3.05) is 32.8 Å². The van der Waals surface area contributed by atoms with Gasteiger partial charge in [-0.3, -0.25) is 4.79 Å². The number of hydrogen-bond donors (Lipinski definition) is 1. The van der Waals surface area contributed by atoms with E-state index >= 15 is 0 Å². The van der Waals surface area contributed by atoms with Crippen LogP contribution in [-0.4, -0.2) is 48.7 Å². The average Bonchev–Trinajstić information content (AvgIpc) is 3.14. The summed E-state index contributed by atoms with van der Waals surface area (Å²) in [7, 11) is 0. The zero-order chi connectivity index (χ0) is 19.5. The number of aromatic nitrogens is 1. The molecule has 7 heteroatoms. The Labute approximate surface area is 159 Å². The zero-order valence-electron chi connectivity index (χ0n) is 16.0. The van der Waals surface area contributed by atoms with Gasteiger partial charge < -0.3 is 19.5 Å². The molecule has 1 amide bonds. The van der Waals surface area contributed by atoms with Crippen LogP contribution in [-0.2, 0) is 16.1 Å². The van der Waals surface area contributed by atoms with Crippen molar-refractivity contribution in [2.45, 2.75) is 33.3 Å². The lowest BCUT2D eigenvalue weighted by Gasteiger charge is -2.20. The van der Waals surface area contributed by atoms with E-state index in [0.717, 1.165) is 25.2 Å². The van der Waals surface area contributed by atoms with Crippen molar-refractivity contribution in [2.24, 2.45) is 0 Å². The molecule has 0 bridgehead atoms. The van der Waals surface area contributed by atoms with E-state index in [1.54, 1.807) is 18.2 Å². The van der Waals surface area contributed by atoms with Crippen molar-refractivity contribution in [3.05, 3.63) is 41.8 Å². The molecule has 1 aromatic heterocycles. The predicted octanol–water partition coefficient (Wildman–Crippen LogP) is 3.24. The molecule has 0 aliphatic carbocycles. The van der Waals surface area contributed by atoms with Crippen LogP contribution in [0.3, 0.4) is 0 Å². The molecule has 1 aromatic carbocycles. The number of halogens is 1. The van der Waals surface area contributed by atoms with Gasteiger partial charge in [0.1, 0.15) is 18.1 Å². The maximum absolute atomic E-state index is 13.0. The van der Waals surface area contributed by atoms with Crippen molar-refractivity contribution in [3.63, 3.8) is 0 Å². The summed E-state index contributed by atoms with van der Waals surface area (Å²) in [5, 5.41) is 6.77. The summed E-state index contributed by atoms with van der Waals surface area (Å²) < 4.78 is 23.6. The first kappa shape index (κ1) is 21.1. The van der Waals surface area contributed by atoms with Crippen LogP contribution in [0.1, 0.15) is 32.4 Å². The lowest BCUT2D eigenvalue weighted by molar-refractivity contribution is -0.126. The van der Waals surface area contributed by atoms with Gasteiger partial charge in [-0.05, 0) is 43.8 Å². The lowest BCUT2D eigenvalue weighted by Crippen LogP contribution is -2.36. The Bertz CT molecular complexity index is 688. The third-order valence-corrected chi connectivity index (χ3v) is 4.20. The van der Waals surface area contributed by atoms with Crippen LogP contribution in [0.25, 0.3) is 11.3 Å². The summed E-state index contributed by atoms with van der Waals surface area (Å²) in [5.74, 6) is 0.0776. The highest BCUT2D eigenvalue weighted by Crippen LogP contribution is 2.20. The fraction of sp³-hybridized carbons (Fsp3) is 0.500. The largest absolute Gasteiger partial charge is 0.365 e. The van der Waals surface area contributed by atoms with Gasteiger partial charge in [-0.2, -0.15) is 0 Å². The molecule has 0 aliphatic rings. The molecule has 0 spiro atoms. The number of benzene rings is 1. The topological polar surface area (TPSA) is 67.6 Å². The van der Waals surface area contributed by atoms with E-state index in [1.165, 1.54) is 25.0 Å². The fourth-order valence-electron chi connectivity index (χ4n) is 2.59. The normalized spacial score (nSPS) is 11.1. The summed E-state index contributed by atoms with van der Waals surface area (Å²) in [4.78, 5) is 14.2. The molecule has 0 unspecified atom stereocenters. The molecule has 2 rings (SSSR count). The van der Waals surface area contributed by atoms with Gasteiger partial charge in [0.15, 0.2) is 5.76 Å². The Morgan fingerprint density at radius 2 is 2.04 bits per heavy atom. The van der Waals surface area contributed by atoms with Crippen molar-refractivity contribution >= 4 is 5.91 Å². The lowest BCUT2D eigenvalue weighted by atomic mass is 10.1. The van der Waals surface area contributed by atoms with E-state index in [9.17, 15) is 9.18 Å². The van der Waals surface area contributed by atoms with Crippen molar-refractivity contribution in [3.8, 4) is 11.3 Å². The SMILES string of the molecule is CCCCN(CC)CCNC(=O)COCc1cc(-c2ccc(F)cc2)on1. The van der Waals surface area contributed by atoms with Crippen LogP contribution in [0.15, 0.2) is 34.9 Å². The number of amides is 1. The minimum absolute atomic E-state index is 0.0279. The third-order valence-electron chi connectivity index (χ3n) is 4.20. The second-order valence-electron chi connectivity index (χ2n) is 6.32. The Morgan fingerprint density at radius 1 is 1.26 bits per heavy atom. The molecule has 1 N–H and O–H groups in total. The maximum atomic E-state index is 13.0. The minimum Gasteiger partial charge on any atom is -0.365 e. The number of hydrogen-bond acceptors (Lipinski definition) is 5. The van der Waals surface area contributed by atoms with Gasteiger partial charge in [0.2, 0.25) is 5.91 Å². The van der Waals surface area contributed by atoms with Crippen LogP contribution in [0, 0.1) is 5.82 Å². The van der Waals surface area contributed by atoms with Gasteiger partial charge in [0, 0.05) is 24.7 Å². The van der Waals surface area contributed by atoms with E-state index in [1.807, 2.05) is 0 Å². The number of carbonyl (C=O) groups excluding carboxylic acids is 1. The number of likely N-dealkylation sites (N-methyl/N-ethyl adjacent to an activating group) is 1. The summed E-state index contributed by atoms with van der Waals surface area (Å²) >= 11 is 0. The number of nitrogens with zero attached hydrogens (tertiary/aromatic N) is 2. The molecule has 0 saturated heterocycles. The number of rotatable bonds is 12. The molecule has 0 fully saturated rings. The van der Waals surface area contributed by atoms with Crippen LogP contribution in [0.2, 0.25) is 0 Å². The molecule has 1 heterocycles. The first-order chi connectivity index (χ1) is 13.1. The number of unbranched alkanes of at least 4 members (excludes halogenated alkanes) is 1. The molecule has 27 heavy (non-hydrogen) atoms. The highest BCUT2D eigenvalue weighted by molar-refractivity contribution is 5.77. The Kier molecular flexibility index (Phi) is 8.94. The van der Waals surface area contributed by atoms with E-state index in [-0.39, 0.29) is 24.9 Å². The molecule has 0 aliphatic heterocycles. The van der Waals surface area contributed by atoms with E-state index in [2.05, 4.69) is 29.2 Å². The second kappa shape index (κ2) is 11.5. The first-order valence-corrected chi connectivity index (χ1v) is 9.40. The molecular formula is C20H28FN3O3. The van der Waals surface area contributed by atoms with Gasteiger partial charge >= 0.3 is 0 Å². The van der Waals surface area contributed by atoms with Crippen molar-refractivity contribution in [1.82, 2.24) is 15.4 Å². The van der Waals surface area contributed by atoms with E-state index < -0.39 is 0 Å². The Morgan fingerprint density at radius 3 is 2.74 bits per heavy atom. The molecule has 2 aromatic rings. The van der Waals surface area contributed by atoms with Gasteiger partial charge in [-0.25, -0.2) is 4.39 Å². The standard InChI is InChI=1S/C20H28FN3O3/c1-3-5-11-24(4-2)12-10-22-20(25)15-26-14-18-13-19(27-23-18)16-6-8-17(21)9-7-16/h6-9,13H,3-5,10-12,14-15H2,1-2H3,(H,22,25). The number of nitrogens with one attached hydrogen (secondary N) is 1. The van der Waals surface area contributed by atoms with Gasteiger partial charge in [-0.15, -0.1) is 0 Å². The average molecular weight is 377 g/mol. The van der Waals surface area contributed by atoms with Crippen molar-refractivity contribution < 1.29 is 18.4 Å². The van der Waals surface area contributed by atoms with E-state index in [4.69, 9.17) is 9.26 Å². The van der Waals surface area contributed by atoms with Crippen LogP contribution in [0.4, 0.5) is 4.39 Å². The third kappa shape index (κ3) is 7.48. The van der Waals surface area contributed by atoms with Gasteiger partial charge in [-0.1, -0.05) is 25.4 Å². The Hall–Kier alpha value is -2.25. The maximum Gasteiger partial charge on any atom is 0.246 e. The van der Waals surface area contributed by atoms with Crippen LogP contribution < -0.4 is 5.32 Å². The predicted molar refractivity (Wildman–Crippen MR) is 102 cm³/mol. The molecule has 0 atom stereocenters. The molecule has 148 valence electrons. The number of ether oxygens (including phenoxy) is 1. The highest BCUT2D eigenvalue weighted by Gasteiger charge is 2.09. The fourth-order valence-corrected chi connectivity index (χ4v) is 2.59. The second-order valence-corrected chi connectivity index (χ2v) is 6.32. The molecule has 0 saturated carbocycles. The summed E-state index contributed by atoms with van der Waals surface area (Å²) in [6.07, 6.45) is 2.34. The molecule has 0 radical (unpaired) electrons. The van der Waals surface area contributed by atoms with E-state index in [0.29, 0.717) is 18.0 Å². The van der Waals surface area contributed by atoms with Crippen molar-refractivity contribution in [1.29, 1.82) is 0 Å². The first-order valence-electron chi connectivity index (χ1n) is 9.40. The highest BCUT2D eigenvalue weighted by atomic mass is 19.1. The minimum atomic E-state index is -0.305. The summed E-state index contributed by atoms with van der Waals surface area (Å²) in [5.41, 5.74) is 1.32. The zero-order valence-corrected chi connectivity index (χ0v) is 16.0. The molecule has 6 nitrogen and oxygen atoms in total. The smallest absolute Gasteiger partial charge is 0.246 e. The number of carbonyl (C=O) groups is 1. The van der Waals surface area contributed by atoms with Crippen LogP contribution in [0.5, 0.6) is 0 Å². The monoisotopic (exact) mass is 377 g/mol. The van der Waals surface area contributed by atoms with Gasteiger partial charge in [0.25, 0.3) is 0 Å². The molecular weight excluding hydrogens is 349 g/mol. The quantitative estimate of drug-likeness (QED) is 0.615. The van der Waals surface area contributed by atoms with Crippen LogP contribution >= 0.6 is 0 Å². The summed E-state index contributed by atoms with van der Waals surface area (Å²) in [6.45, 7) is 7.93. The van der Waals surface area contributed by atoms with Gasteiger partial charge in [0.05, 0.1) is 6.61 Å². The summed E-state index contributed by atoms with van der Waals surface area (Å²) in [6, 6.07) is 7.68. The Balaban J connectivity index is 1.66.